The summed E-state index contributed by atoms with van der Waals surface area (Å²) in [5.74, 6) is -0.943. The van der Waals surface area contributed by atoms with Crippen LogP contribution < -0.4 is 0 Å². The lowest BCUT2D eigenvalue weighted by atomic mass is 9.65. The van der Waals surface area contributed by atoms with Crippen molar-refractivity contribution in [3.63, 3.8) is 0 Å². The van der Waals surface area contributed by atoms with Gasteiger partial charge in [0.25, 0.3) is 0 Å². The van der Waals surface area contributed by atoms with Crippen LogP contribution in [0.5, 0.6) is 0 Å². The van der Waals surface area contributed by atoms with Crippen LogP contribution in [-0.4, -0.2) is 26.6 Å². The molecule has 5 heteroatoms. The van der Waals surface area contributed by atoms with Crippen LogP contribution in [0.15, 0.2) is 6.07 Å². The molecule has 0 saturated heterocycles. The fraction of sp³-hybridized carbons (Fsp3) is 0.500. The summed E-state index contributed by atoms with van der Waals surface area (Å²) >= 11 is 0. The van der Waals surface area contributed by atoms with Crippen molar-refractivity contribution in [1.82, 2.24) is 9.78 Å². The van der Waals surface area contributed by atoms with Gasteiger partial charge in [0.2, 0.25) is 0 Å². The number of hydrogen-bond acceptors (Lipinski definition) is 3. The Kier molecular flexibility index (Phi) is 1.92. The zero-order valence-electron chi connectivity index (χ0n) is 8.65. The first-order chi connectivity index (χ1) is 6.95. The third-order valence-corrected chi connectivity index (χ3v) is 2.90. The molecule has 15 heavy (non-hydrogen) atoms. The summed E-state index contributed by atoms with van der Waals surface area (Å²) in [6, 6.07) is 1.74. The Bertz CT molecular complexity index is 440. The van der Waals surface area contributed by atoms with Crippen molar-refractivity contribution in [3.05, 3.63) is 17.5 Å². The number of carboxylic acid groups (broad SMARTS) is 1. The van der Waals surface area contributed by atoms with Crippen LogP contribution in [0, 0.1) is 6.92 Å². The van der Waals surface area contributed by atoms with E-state index in [-0.39, 0.29) is 18.6 Å². The van der Waals surface area contributed by atoms with Gasteiger partial charge in [0.15, 0.2) is 0 Å². The largest absolute Gasteiger partial charge is 0.481 e. The molecule has 0 amide bonds. The predicted octanol–water partition coefficient (Wildman–Crippen LogP) is 0.414. The van der Waals surface area contributed by atoms with Gasteiger partial charge in [-0.25, -0.2) is 0 Å². The van der Waals surface area contributed by atoms with Crippen molar-refractivity contribution in [2.45, 2.75) is 25.2 Å². The molecule has 1 aromatic heterocycles. The highest BCUT2D eigenvalue weighted by Gasteiger charge is 2.53. The van der Waals surface area contributed by atoms with Crippen LogP contribution in [-0.2, 0) is 22.1 Å². The Balaban J connectivity index is 2.47. The van der Waals surface area contributed by atoms with E-state index >= 15 is 0 Å². The van der Waals surface area contributed by atoms with Gasteiger partial charge in [-0.2, -0.15) is 5.10 Å². The second kappa shape index (κ2) is 2.92. The Labute approximate surface area is 86.7 Å². The number of ketones is 1. The fourth-order valence-corrected chi connectivity index (χ4v) is 2.12. The molecular formula is C10H12N2O3. The predicted molar refractivity (Wildman–Crippen MR) is 51.5 cm³/mol. The topological polar surface area (TPSA) is 72.2 Å². The third-order valence-electron chi connectivity index (χ3n) is 2.90. The van der Waals surface area contributed by atoms with Gasteiger partial charge in [-0.1, -0.05) is 0 Å². The van der Waals surface area contributed by atoms with Crippen molar-refractivity contribution in [2.24, 2.45) is 7.05 Å². The Morgan fingerprint density at radius 3 is 2.53 bits per heavy atom. The summed E-state index contributed by atoms with van der Waals surface area (Å²) in [6.45, 7) is 1.81. The number of rotatable bonds is 2. The van der Waals surface area contributed by atoms with Gasteiger partial charge < -0.3 is 5.11 Å². The van der Waals surface area contributed by atoms with E-state index in [1.165, 1.54) is 0 Å². The maximum absolute atomic E-state index is 11.2. The average Bonchev–Trinajstić information content (AvgIpc) is 2.39. The highest BCUT2D eigenvalue weighted by Crippen LogP contribution is 2.41. The number of aliphatic carboxylic acids is 1. The lowest BCUT2D eigenvalue weighted by Crippen LogP contribution is -2.49. The first-order valence-electron chi connectivity index (χ1n) is 4.72. The number of nitrogens with zero attached hydrogens (tertiary/aromatic N) is 2. The Morgan fingerprint density at radius 1 is 1.60 bits per heavy atom. The second-order valence-electron chi connectivity index (χ2n) is 4.07. The number of Topliss-reactive ketones (excluding diaryl/α,β-unsaturated/α-hetero) is 1. The minimum atomic E-state index is -1.03. The summed E-state index contributed by atoms with van der Waals surface area (Å²) in [5, 5.41) is 13.3. The highest BCUT2D eigenvalue weighted by molar-refractivity contribution is 6.01. The van der Waals surface area contributed by atoms with Crippen LogP contribution >= 0.6 is 0 Å². The maximum atomic E-state index is 11.2. The van der Waals surface area contributed by atoms with Gasteiger partial charge in [0.05, 0.1) is 11.4 Å². The second-order valence-corrected chi connectivity index (χ2v) is 4.07. The summed E-state index contributed by atoms with van der Waals surface area (Å²) in [5.41, 5.74) is 0.354. The normalized spacial score (nSPS) is 18.7. The number of carboxylic acids is 1. The quantitative estimate of drug-likeness (QED) is 0.764. The summed E-state index contributed by atoms with van der Waals surface area (Å²) in [7, 11) is 1.70. The molecule has 0 aromatic carbocycles. The van der Waals surface area contributed by atoms with E-state index in [1.807, 2.05) is 0 Å². The number of carbonyl (C=O) groups is 2. The molecule has 0 bridgehead atoms. The lowest BCUT2D eigenvalue weighted by Gasteiger charge is -2.35. The van der Waals surface area contributed by atoms with Gasteiger partial charge >= 0.3 is 5.97 Å². The van der Waals surface area contributed by atoms with E-state index in [9.17, 15) is 14.7 Å². The zero-order valence-corrected chi connectivity index (χ0v) is 8.65. The van der Waals surface area contributed by atoms with E-state index in [0.717, 1.165) is 5.69 Å². The molecule has 2 rings (SSSR count). The first kappa shape index (κ1) is 9.89. The van der Waals surface area contributed by atoms with Crippen LogP contribution in [0.3, 0.4) is 0 Å². The van der Waals surface area contributed by atoms with Gasteiger partial charge in [-0.15, -0.1) is 0 Å². The van der Waals surface area contributed by atoms with E-state index in [0.29, 0.717) is 5.69 Å². The first-order valence-corrected chi connectivity index (χ1v) is 4.72. The van der Waals surface area contributed by atoms with Crippen molar-refractivity contribution in [2.75, 3.05) is 0 Å². The molecule has 80 valence electrons. The van der Waals surface area contributed by atoms with E-state index < -0.39 is 11.4 Å². The van der Waals surface area contributed by atoms with Crippen LogP contribution in [0.25, 0.3) is 0 Å². The number of aromatic nitrogens is 2. The lowest BCUT2D eigenvalue weighted by molar-refractivity contribution is -0.153. The molecule has 0 spiro atoms. The molecule has 1 aromatic rings. The summed E-state index contributed by atoms with van der Waals surface area (Å²) in [6.07, 6.45) is 0.169. The molecule has 0 aliphatic heterocycles. The molecule has 0 radical (unpaired) electrons. The summed E-state index contributed by atoms with van der Waals surface area (Å²) in [4.78, 5) is 22.2. The number of aryl methyl sites for hydroxylation is 2. The number of carbonyl (C=O) groups excluding carboxylic acids is 1. The molecule has 1 N–H and O–H groups in total. The van der Waals surface area contributed by atoms with Crippen molar-refractivity contribution >= 4 is 11.8 Å². The smallest absolute Gasteiger partial charge is 0.316 e. The molecule has 5 nitrogen and oxygen atoms in total. The molecular weight excluding hydrogens is 196 g/mol. The molecule has 1 fully saturated rings. The fourth-order valence-electron chi connectivity index (χ4n) is 2.12. The summed E-state index contributed by atoms with van der Waals surface area (Å²) < 4.78 is 1.55. The standard InChI is InChI=1S/C10H12N2O3/c1-6-3-8(12(2)11-6)10(9(14)15)4-7(13)5-10/h3H,4-5H2,1-2H3,(H,14,15). The van der Waals surface area contributed by atoms with Crippen LogP contribution in [0.1, 0.15) is 24.2 Å². The SMILES string of the molecule is Cc1cc(C2(C(=O)O)CC(=O)C2)n(C)n1. The molecule has 0 unspecified atom stereocenters. The van der Waals surface area contributed by atoms with Crippen LogP contribution in [0.4, 0.5) is 0 Å². The molecule has 1 heterocycles. The van der Waals surface area contributed by atoms with E-state index in [2.05, 4.69) is 5.10 Å². The zero-order chi connectivity index (χ0) is 11.2. The Hall–Kier alpha value is -1.65. The van der Waals surface area contributed by atoms with Crippen molar-refractivity contribution in [3.8, 4) is 0 Å². The molecule has 1 aliphatic carbocycles. The molecule has 1 aliphatic rings. The monoisotopic (exact) mass is 208 g/mol. The third kappa shape index (κ3) is 1.26. The van der Waals surface area contributed by atoms with Gasteiger partial charge in [0.1, 0.15) is 11.2 Å². The van der Waals surface area contributed by atoms with E-state index in [4.69, 9.17) is 0 Å². The van der Waals surface area contributed by atoms with Gasteiger partial charge in [0, 0.05) is 19.9 Å². The van der Waals surface area contributed by atoms with E-state index in [1.54, 1.807) is 24.7 Å². The Morgan fingerprint density at radius 2 is 2.20 bits per heavy atom. The maximum Gasteiger partial charge on any atom is 0.316 e. The number of hydrogen-bond donors (Lipinski definition) is 1. The van der Waals surface area contributed by atoms with Gasteiger partial charge in [-0.3, -0.25) is 14.3 Å². The van der Waals surface area contributed by atoms with Crippen LogP contribution in [0.2, 0.25) is 0 Å². The minimum absolute atomic E-state index is 0.00347. The van der Waals surface area contributed by atoms with Gasteiger partial charge in [-0.05, 0) is 13.0 Å². The minimum Gasteiger partial charge on any atom is -0.481 e. The van der Waals surface area contributed by atoms with Crippen molar-refractivity contribution < 1.29 is 14.7 Å². The molecule has 1 saturated carbocycles. The highest BCUT2D eigenvalue weighted by atomic mass is 16.4. The van der Waals surface area contributed by atoms with Crippen molar-refractivity contribution in [1.29, 1.82) is 0 Å². The molecule has 0 atom stereocenters. The average molecular weight is 208 g/mol.